The maximum absolute atomic E-state index is 10.5. The van der Waals surface area contributed by atoms with Crippen LogP contribution >= 0.6 is 0 Å². The Hall–Kier alpha value is -7.82. The summed E-state index contributed by atoms with van der Waals surface area (Å²) in [5.74, 6) is 0. The molecule has 0 N–H and O–H groups in total. The molecule has 4 heterocycles. The molecule has 4 aromatic heterocycles. The van der Waals surface area contributed by atoms with Gasteiger partial charge in [0, 0.05) is 65.8 Å². The third-order valence-electron chi connectivity index (χ3n) is 11.9. The Labute approximate surface area is 366 Å². The van der Waals surface area contributed by atoms with E-state index in [1.807, 2.05) is 123 Å². The van der Waals surface area contributed by atoms with E-state index >= 15 is 0 Å². The van der Waals surface area contributed by atoms with Crippen molar-refractivity contribution in [3.05, 3.63) is 205 Å². The van der Waals surface area contributed by atoms with Crippen molar-refractivity contribution in [2.24, 2.45) is 0 Å². The predicted molar refractivity (Wildman–Crippen MR) is 255 cm³/mol. The zero-order valence-electron chi connectivity index (χ0n) is 46.2. The molecule has 0 saturated carbocycles. The molecule has 13 rings (SSSR count). The number of aryl methyl sites for hydroxylation is 2. The molecule has 0 aliphatic heterocycles. The summed E-state index contributed by atoms with van der Waals surface area (Å²) in [7, 11) is 0. The smallest absolute Gasteiger partial charge is 0.0653 e. The van der Waals surface area contributed by atoms with Crippen LogP contribution < -0.4 is 9.80 Å². The lowest BCUT2D eigenvalue weighted by Crippen LogP contribution is -2.11. The number of anilines is 6. The summed E-state index contributed by atoms with van der Waals surface area (Å²) in [5, 5.41) is 0.456. The maximum atomic E-state index is 10.5. The molecule has 0 amide bonds. The highest BCUT2D eigenvalue weighted by Crippen LogP contribution is 2.51. The summed E-state index contributed by atoms with van der Waals surface area (Å²) in [5.41, 5.74) is 4.49. The molecule has 4 nitrogen and oxygen atoms in total. The van der Waals surface area contributed by atoms with Gasteiger partial charge in [-0.25, -0.2) is 0 Å². The predicted octanol–water partition coefficient (Wildman–Crippen LogP) is 15.5. The second kappa shape index (κ2) is 12.3. The van der Waals surface area contributed by atoms with Crippen LogP contribution in [0.5, 0.6) is 0 Å². The minimum Gasteiger partial charge on any atom is -0.310 e. The van der Waals surface area contributed by atoms with Gasteiger partial charge in [-0.05, 0) is 97.6 Å². The van der Waals surface area contributed by atoms with Crippen molar-refractivity contribution in [2.75, 3.05) is 9.80 Å². The van der Waals surface area contributed by atoms with Gasteiger partial charge in [-0.2, -0.15) is 0 Å². The number of hydrogen-bond donors (Lipinski definition) is 0. The average molecular weight is 781 g/mol. The quantitative estimate of drug-likeness (QED) is 0.167. The largest absolute Gasteiger partial charge is 0.310 e. The van der Waals surface area contributed by atoms with Crippen molar-refractivity contribution < 1.29 is 19.2 Å². The molecule has 0 aliphatic carbocycles. The maximum Gasteiger partial charge on any atom is 0.0653 e. The van der Waals surface area contributed by atoms with Crippen LogP contribution in [0.4, 0.5) is 34.1 Å². The van der Waals surface area contributed by atoms with Crippen LogP contribution in [0.15, 0.2) is 194 Å². The number of aromatic nitrogens is 2. The van der Waals surface area contributed by atoms with E-state index in [1.54, 1.807) is 9.80 Å². The normalized spacial score (nSPS) is 15.4. The zero-order chi connectivity index (χ0) is 51.8. The van der Waals surface area contributed by atoms with Crippen LogP contribution in [0.2, 0.25) is 0 Å². The Bertz CT molecular complexity index is 4340. The fraction of sp³-hybridized carbons (Fsp3) is 0.0357. The lowest BCUT2D eigenvalue weighted by atomic mass is 10.0. The van der Waals surface area contributed by atoms with Crippen LogP contribution in [0.25, 0.3) is 76.2 Å². The Morgan fingerprint density at radius 2 is 0.767 bits per heavy atom. The highest BCUT2D eigenvalue weighted by molar-refractivity contribution is 6.32. The molecule has 0 unspecified atom stereocenters. The second-order valence-corrected chi connectivity index (χ2v) is 15.1. The van der Waals surface area contributed by atoms with Crippen LogP contribution in [0.3, 0.4) is 0 Å². The van der Waals surface area contributed by atoms with Gasteiger partial charge < -0.3 is 18.6 Å². The zero-order valence-corrected chi connectivity index (χ0v) is 32.2. The number of para-hydroxylation sites is 6. The highest BCUT2D eigenvalue weighted by Gasteiger charge is 2.28. The second-order valence-electron chi connectivity index (χ2n) is 15.1. The molecule has 0 fully saturated rings. The van der Waals surface area contributed by atoms with E-state index in [0.717, 1.165) is 11.1 Å². The molecule has 60 heavy (non-hydrogen) atoms. The monoisotopic (exact) mass is 780 g/mol. The standard InChI is InChI=1S/C56H38N4/c1-35-17-9-13-25-45(35)57(37-19-5-3-6-20-37)49-31-29-39-43-33-52-44(34-51(43)59-47-27-15-11-23-41(47)53(49)55(39)59)40-30-32-50(54-42-24-12-16-28-48(42)60(52)56(40)54)58(38-21-7-4-8-22-38)46-26-14-10-18-36(46)2/h3-34H,1-2H3/i11D,12D,15D,16D,23D,24D,27D,28D,29D,30D,31D,32D,33D,34D. The molecular weight excluding hydrogens is 729 g/mol. The summed E-state index contributed by atoms with van der Waals surface area (Å²) in [6, 6.07) is 27.4. The summed E-state index contributed by atoms with van der Waals surface area (Å²) in [6.07, 6.45) is 0. The summed E-state index contributed by atoms with van der Waals surface area (Å²) < 4.78 is 138. The molecule has 0 spiro atoms. The van der Waals surface area contributed by atoms with E-state index < -0.39 is 48.3 Å². The summed E-state index contributed by atoms with van der Waals surface area (Å²) >= 11 is 0. The minimum atomic E-state index is -0.564. The molecule has 0 saturated heterocycles. The van der Waals surface area contributed by atoms with Crippen LogP contribution in [-0.4, -0.2) is 8.80 Å². The Kier molecular flexibility index (Phi) is 4.60. The molecule has 0 bridgehead atoms. The number of benzene rings is 9. The van der Waals surface area contributed by atoms with E-state index in [2.05, 4.69) is 0 Å². The first-order chi connectivity index (χ1) is 35.5. The Balaban J connectivity index is 1.31. The van der Waals surface area contributed by atoms with Crippen molar-refractivity contribution in [1.29, 1.82) is 0 Å². The number of nitrogens with zero attached hydrogens (tertiary/aromatic N) is 4. The number of fused-ring (bicyclic) bond motifs is 12. The molecule has 4 heteroatoms. The first-order valence-corrected chi connectivity index (χ1v) is 19.7. The first kappa shape index (κ1) is 22.4. The third kappa shape index (κ3) is 4.39. The molecule has 282 valence electrons. The molecule has 9 aromatic carbocycles. The van der Waals surface area contributed by atoms with Crippen molar-refractivity contribution in [3.63, 3.8) is 0 Å². The summed E-state index contributed by atoms with van der Waals surface area (Å²) in [4.78, 5) is 3.60. The van der Waals surface area contributed by atoms with E-state index in [1.165, 1.54) is 8.80 Å². The highest BCUT2D eigenvalue weighted by atomic mass is 15.2. The molecule has 0 aliphatic rings. The van der Waals surface area contributed by atoms with E-state index in [4.69, 9.17) is 5.48 Å². The lowest BCUT2D eigenvalue weighted by Gasteiger charge is -2.28. The van der Waals surface area contributed by atoms with Crippen molar-refractivity contribution >= 4 is 110 Å². The first-order valence-electron chi connectivity index (χ1n) is 26.7. The van der Waals surface area contributed by atoms with E-state index in [0.29, 0.717) is 22.7 Å². The van der Waals surface area contributed by atoms with Crippen LogP contribution in [0, 0.1) is 13.8 Å². The van der Waals surface area contributed by atoms with Gasteiger partial charge in [0.05, 0.1) is 63.7 Å². The lowest BCUT2D eigenvalue weighted by molar-refractivity contribution is 1.26. The van der Waals surface area contributed by atoms with E-state index in [-0.39, 0.29) is 124 Å². The van der Waals surface area contributed by atoms with E-state index in [9.17, 15) is 13.7 Å². The van der Waals surface area contributed by atoms with Crippen LogP contribution in [0.1, 0.15) is 30.3 Å². The fourth-order valence-electron chi connectivity index (χ4n) is 9.30. The molecule has 13 aromatic rings. The SMILES string of the molecule is [2H]c1c([2H])c([2H])c2c(c1[2H])c1c(N(c3ccccc3)c3ccccc3C)c([2H])c([2H])c3c4c([2H])c5c(c([2H])c4n2c31)c1c([2H])c([2H])c(N(c2ccccc2)c2ccccc2C)c2c3c([2H])c([2H])c([2H])c([2H])c3n5c12. The number of hydrogen-bond acceptors (Lipinski definition) is 2. The minimum absolute atomic E-state index is 0.0115. The van der Waals surface area contributed by atoms with Gasteiger partial charge in [0.25, 0.3) is 0 Å². The van der Waals surface area contributed by atoms with Crippen molar-refractivity contribution in [3.8, 4) is 0 Å². The Morgan fingerprint density at radius 3 is 1.20 bits per heavy atom. The third-order valence-corrected chi connectivity index (χ3v) is 11.9. The Morgan fingerprint density at radius 1 is 0.367 bits per heavy atom. The fourth-order valence-corrected chi connectivity index (χ4v) is 9.30. The van der Waals surface area contributed by atoms with Crippen molar-refractivity contribution in [1.82, 2.24) is 8.80 Å². The molecular formula is C56H38N4. The van der Waals surface area contributed by atoms with Gasteiger partial charge in [0.1, 0.15) is 0 Å². The topological polar surface area (TPSA) is 15.3 Å². The van der Waals surface area contributed by atoms with Gasteiger partial charge in [-0.1, -0.05) is 121 Å². The van der Waals surface area contributed by atoms with Gasteiger partial charge in [0.15, 0.2) is 0 Å². The average Bonchev–Trinajstić information content (AvgIpc) is 4.32. The number of rotatable bonds is 6. The van der Waals surface area contributed by atoms with Crippen molar-refractivity contribution in [2.45, 2.75) is 13.8 Å². The van der Waals surface area contributed by atoms with Gasteiger partial charge in [-0.3, -0.25) is 0 Å². The molecule has 0 radical (unpaired) electrons. The molecule has 0 atom stereocenters. The van der Waals surface area contributed by atoms with Crippen LogP contribution in [-0.2, 0) is 0 Å². The summed E-state index contributed by atoms with van der Waals surface area (Å²) in [6.45, 7) is 3.80. The van der Waals surface area contributed by atoms with Gasteiger partial charge in [-0.15, -0.1) is 0 Å². The van der Waals surface area contributed by atoms with Gasteiger partial charge >= 0.3 is 0 Å². The van der Waals surface area contributed by atoms with Gasteiger partial charge in [0.2, 0.25) is 0 Å².